The number of carbonyl (C=O) groups is 1. The van der Waals surface area contributed by atoms with Gasteiger partial charge in [-0.1, -0.05) is 24.8 Å². The number of aromatic nitrogens is 2. The van der Waals surface area contributed by atoms with Gasteiger partial charge in [0, 0.05) is 34.5 Å². The van der Waals surface area contributed by atoms with Gasteiger partial charge in [0.1, 0.15) is 11.6 Å². The van der Waals surface area contributed by atoms with Crippen LogP contribution in [0.15, 0.2) is 70.7 Å². The van der Waals surface area contributed by atoms with E-state index in [4.69, 9.17) is 9.47 Å². The summed E-state index contributed by atoms with van der Waals surface area (Å²) in [5.74, 6) is 1.31. The smallest absolute Gasteiger partial charge is 0.314 e. The molecule has 2 aromatic carbocycles. The highest BCUT2D eigenvalue weighted by atomic mass is 32.2. The van der Waals surface area contributed by atoms with E-state index in [-0.39, 0.29) is 18.0 Å². The molecule has 5 nitrogen and oxygen atoms in total. The highest BCUT2D eigenvalue weighted by Gasteiger charge is 2.28. The van der Waals surface area contributed by atoms with Gasteiger partial charge >= 0.3 is 5.97 Å². The van der Waals surface area contributed by atoms with Gasteiger partial charge in [0.05, 0.1) is 12.0 Å². The zero-order valence-electron chi connectivity index (χ0n) is 17.3. The van der Waals surface area contributed by atoms with E-state index in [0.29, 0.717) is 12.4 Å². The van der Waals surface area contributed by atoms with Crippen LogP contribution in [0.25, 0.3) is 5.69 Å². The average molecular weight is 423 g/mol. The van der Waals surface area contributed by atoms with Gasteiger partial charge in [0.15, 0.2) is 0 Å². The molecule has 2 atom stereocenters. The number of esters is 1. The number of aryl methyl sites for hydroxylation is 1. The summed E-state index contributed by atoms with van der Waals surface area (Å²) in [6, 6.07) is 16.0. The highest BCUT2D eigenvalue weighted by Crippen LogP contribution is 2.31. The maximum Gasteiger partial charge on any atom is 0.314 e. The molecule has 156 valence electrons. The van der Waals surface area contributed by atoms with E-state index < -0.39 is 0 Å². The van der Waals surface area contributed by atoms with Crippen LogP contribution < -0.4 is 4.74 Å². The van der Waals surface area contributed by atoms with Crippen LogP contribution in [-0.4, -0.2) is 28.2 Å². The van der Waals surface area contributed by atoms with Gasteiger partial charge in [0.25, 0.3) is 0 Å². The van der Waals surface area contributed by atoms with Crippen molar-refractivity contribution in [2.24, 2.45) is 5.92 Å². The molecule has 6 heteroatoms. The third kappa shape index (κ3) is 4.94. The zero-order chi connectivity index (χ0) is 20.9. The number of rotatable bonds is 6. The highest BCUT2D eigenvalue weighted by molar-refractivity contribution is 7.99. The number of imidazole rings is 1. The predicted molar refractivity (Wildman–Crippen MR) is 117 cm³/mol. The molecule has 0 radical (unpaired) electrons. The van der Waals surface area contributed by atoms with Crippen LogP contribution in [-0.2, 0) is 9.53 Å². The van der Waals surface area contributed by atoms with Crippen molar-refractivity contribution < 1.29 is 14.3 Å². The van der Waals surface area contributed by atoms with Crippen molar-refractivity contribution in [1.29, 1.82) is 0 Å². The fourth-order valence-corrected chi connectivity index (χ4v) is 4.51. The second-order valence-electron chi connectivity index (χ2n) is 7.46. The molecular formula is C24H26N2O3S. The molecule has 0 spiro atoms. The Balaban J connectivity index is 1.40. The molecule has 1 aliphatic heterocycles. The van der Waals surface area contributed by atoms with Crippen LogP contribution in [0.5, 0.6) is 5.75 Å². The van der Waals surface area contributed by atoms with Crippen LogP contribution in [0.1, 0.15) is 32.0 Å². The van der Waals surface area contributed by atoms with Crippen molar-refractivity contribution in [1.82, 2.24) is 9.55 Å². The molecule has 1 saturated heterocycles. The second-order valence-corrected chi connectivity index (χ2v) is 8.61. The fraction of sp³-hybridized carbons (Fsp3) is 0.333. The van der Waals surface area contributed by atoms with E-state index in [2.05, 4.69) is 36.2 Å². The summed E-state index contributed by atoms with van der Waals surface area (Å²) in [5.41, 5.74) is 1.08. The molecule has 0 saturated carbocycles. The van der Waals surface area contributed by atoms with Crippen LogP contribution in [0.4, 0.5) is 0 Å². The summed E-state index contributed by atoms with van der Waals surface area (Å²) in [7, 11) is 0. The largest absolute Gasteiger partial charge is 0.426 e. The minimum atomic E-state index is -0.154. The van der Waals surface area contributed by atoms with Crippen molar-refractivity contribution in [3.63, 3.8) is 0 Å². The van der Waals surface area contributed by atoms with Gasteiger partial charge in [-0.25, -0.2) is 4.98 Å². The summed E-state index contributed by atoms with van der Waals surface area (Å²) in [6.45, 7) is 4.70. The number of hydrogen-bond acceptors (Lipinski definition) is 5. The van der Waals surface area contributed by atoms with Crippen molar-refractivity contribution in [2.45, 2.75) is 49.0 Å². The monoisotopic (exact) mass is 422 g/mol. The quantitative estimate of drug-likeness (QED) is 0.391. The molecule has 1 fully saturated rings. The first kappa shape index (κ1) is 20.7. The van der Waals surface area contributed by atoms with Crippen LogP contribution in [0.3, 0.4) is 0 Å². The van der Waals surface area contributed by atoms with Crippen molar-refractivity contribution in [2.75, 3.05) is 6.61 Å². The lowest BCUT2D eigenvalue weighted by Crippen LogP contribution is -2.32. The Morgan fingerprint density at radius 1 is 1.23 bits per heavy atom. The second kappa shape index (κ2) is 9.49. The number of benzene rings is 2. The maximum atomic E-state index is 12.6. The normalized spacial score (nSPS) is 18.9. The average Bonchev–Trinajstić information content (AvgIpc) is 3.20. The topological polar surface area (TPSA) is 53.4 Å². The minimum absolute atomic E-state index is 0.0841. The van der Waals surface area contributed by atoms with Crippen molar-refractivity contribution in [3.8, 4) is 11.4 Å². The van der Waals surface area contributed by atoms with E-state index in [0.717, 1.165) is 40.6 Å². The molecule has 3 aromatic rings. The fourth-order valence-electron chi connectivity index (χ4n) is 3.64. The van der Waals surface area contributed by atoms with E-state index >= 15 is 0 Å². The van der Waals surface area contributed by atoms with Gasteiger partial charge in [-0.2, -0.15) is 0 Å². The Morgan fingerprint density at radius 3 is 2.80 bits per heavy atom. The van der Waals surface area contributed by atoms with Crippen molar-refractivity contribution in [3.05, 3.63) is 66.7 Å². The molecule has 4 rings (SSSR count). The number of nitrogens with zero attached hydrogens (tertiary/aromatic N) is 2. The van der Waals surface area contributed by atoms with E-state index in [1.54, 1.807) is 18.0 Å². The summed E-state index contributed by atoms with van der Waals surface area (Å²) in [5, 5.41) is 0. The van der Waals surface area contributed by atoms with Gasteiger partial charge in [-0.05, 0) is 68.7 Å². The Bertz CT molecular complexity index is 1000. The molecule has 2 heterocycles. The van der Waals surface area contributed by atoms with E-state index in [1.165, 1.54) is 0 Å². The molecule has 2 unspecified atom stereocenters. The summed E-state index contributed by atoms with van der Waals surface area (Å²) in [4.78, 5) is 19.0. The van der Waals surface area contributed by atoms with Crippen molar-refractivity contribution >= 4 is 17.7 Å². The predicted octanol–water partition coefficient (Wildman–Crippen LogP) is 5.44. The van der Waals surface area contributed by atoms with Gasteiger partial charge in [0.2, 0.25) is 0 Å². The molecule has 0 aliphatic carbocycles. The van der Waals surface area contributed by atoms with Crippen LogP contribution in [0.2, 0.25) is 0 Å². The lowest BCUT2D eigenvalue weighted by Gasteiger charge is -2.27. The SMILES string of the molecule is CCC1CC(C(=O)Oc2cccc(Sc3ccc(-n4ccnc4C)cc3)c2)CCO1. The van der Waals surface area contributed by atoms with Gasteiger partial charge < -0.3 is 14.0 Å². The first-order valence-electron chi connectivity index (χ1n) is 10.3. The Labute approximate surface area is 181 Å². The zero-order valence-corrected chi connectivity index (χ0v) is 18.1. The summed E-state index contributed by atoms with van der Waals surface area (Å²) < 4.78 is 13.4. The van der Waals surface area contributed by atoms with Gasteiger partial charge in [-0.3, -0.25) is 4.79 Å². The molecular weight excluding hydrogens is 396 g/mol. The third-order valence-corrected chi connectivity index (χ3v) is 6.35. The maximum absolute atomic E-state index is 12.6. The van der Waals surface area contributed by atoms with Crippen LogP contribution >= 0.6 is 11.8 Å². The lowest BCUT2D eigenvalue weighted by molar-refractivity contribution is -0.144. The third-order valence-electron chi connectivity index (χ3n) is 5.36. The molecule has 30 heavy (non-hydrogen) atoms. The number of hydrogen-bond donors (Lipinski definition) is 0. The Morgan fingerprint density at radius 2 is 2.07 bits per heavy atom. The first-order valence-corrected chi connectivity index (χ1v) is 11.2. The summed E-state index contributed by atoms with van der Waals surface area (Å²) in [6.07, 6.45) is 6.31. The molecule has 0 amide bonds. The van der Waals surface area contributed by atoms with Crippen LogP contribution in [0, 0.1) is 12.8 Å². The Hall–Kier alpha value is -2.57. The minimum Gasteiger partial charge on any atom is -0.426 e. The number of ether oxygens (including phenoxy) is 2. The summed E-state index contributed by atoms with van der Waals surface area (Å²) >= 11 is 1.64. The molecule has 0 bridgehead atoms. The molecule has 1 aromatic heterocycles. The first-order chi connectivity index (χ1) is 14.6. The molecule has 1 aliphatic rings. The van der Waals surface area contributed by atoms with E-state index in [1.807, 2.05) is 42.0 Å². The Kier molecular flexibility index (Phi) is 6.55. The molecule has 0 N–H and O–H groups in total. The van der Waals surface area contributed by atoms with Gasteiger partial charge in [-0.15, -0.1) is 0 Å². The number of carbonyl (C=O) groups excluding carboxylic acids is 1. The van der Waals surface area contributed by atoms with E-state index in [9.17, 15) is 4.79 Å². The standard InChI is InChI=1S/C24H26N2O3S/c1-3-20-15-18(11-14-28-20)24(27)29-21-5-4-6-23(16-21)30-22-9-7-19(8-10-22)26-13-12-25-17(26)2/h4-10,12-13,16,18,20H,3,11,14-15H2,1-2H3. The lowest BCUT2D eigenvalue weighted by atomic mass is 9.94.